The maximum atomic E-state index is 11.4. The summed E-state index contributed by atoms with van der Waals surface area (Å²) in [4.78, 5) is 11.4. The van der Waals surface area contributed by atoms with Gasteiger partial charge in [0.2, 0.25) is 0 Å². The molecule has 104 valence electrons. The average molecular weight is 264 g/mol. The van der Waals surface area contributed by atoms with Crippen molar-refractivity contribution in [1.29, 1.82) is 0 Å². The summed E-state index contributed by atoms with van der Waals surface area (Å²) in [5.74, 6) is 0.432. The van der Waals surface area contributed by atoms with Crippen LogP contribution in [-0.4, -0.2) is 25.3 Å². The molecule has 4 heteroatoms. The fourth-order valence-corrected chi connectivity index (χ4v) is 2.91. The highest BCUT2D eigenvalue weighted by atomic mass is 16.5. The summed E-state index contributed by atoms with van der Waals surface area (Å²) in [6.07, 6.45) is 3.77. The lowest BCUT2D eigenvalue weighted by Gasteiger charge is -2.29. The number of benzene rings is 1. The van der Waals surface area contributed by atoms with E-state index in [9.17, 15) is 9.90 Å². The van der Waals surface area contributed by atoms with Gasteiger partial charge in [0.25, 0.3) is 0 Å². The fraction of sp³-hybridized carbons (Fsp3) is 0.533. The molecule has 0 heterocycles. The third kappa shape index (κ3) is 2.83. The van der Waals surface area contributed by atoms with Crippen LogP contribution in [0.25, 0.3) is 0 Å². The van der Waals surface area contributed by atoms with Crippen LogP contribution in [-0.2, 0) is 4.79 Å². The molecule has 0 aromatic heterocycles. The van der Waals surface area contributed by atoms with Crippen LogP contribution in [0.3, 0.4) is 0 Å². The molecular weight excluding hydrogens is 244 g/mol. The lowest BCUT2D eigenvalue weighted by molar-refractivity contribution is -0.143. The highest BCUT2D eigenvalue weighted by molar-refractivity contribution is 5.71. The van der Waals surface area contributed by atoms with Gasteiger partial charge in [-0.1, -0.05) is 18.9 Å². The minimum atomic E-state index is -0.695. The molecule has 1 fully saturated rings. The van der Waals surface area contributed by atoms with E-state index in [2.05, 4.69) is 0 Å². The Bertz CT molecular complexity index is 455. The quantitative estimate of drug-likeness (QED) is 0.908. The molecule has 4 nitrogen and oxygen atoms in total. The number of hydrogen-bond donors (Lipinski definition) is 1. The first-order valence-corrected chi connectivity index (χ1v) is 6.62. The molecule has 19 heavy (non-hydrogen) atoms. The minimum absolute atomic E-state index is 0.0751. The van der Waals surface area contributed by atoms with Gasteiger partial charge < -0.3 is 14.6 Å². The number of aliphatic carboxylic acids is 1. The van der Waals surface area contributed by atoms with Crippen LogP contribution in [0.4, 0.5) is 0 Å². The fourth-order valence-electron chi connectivity index (χ4n) is 2.91. The zero-order chi connectivity index (χ0) is 13.8. The smallest absolute Gasteiger partial charge is 0.307 e. The topological polar surface area (TPSA) is 55.8 Å². The summed E-state index contributed by atoms with van der Waals surface area (Å²) in [5.41, 5.74) is 1.03. The Kier molecular flexibility index (Phi) is 4.30. The molecule has 0 amide bonds. The average Bonchev–Trinajstić information content (AvgIpc) is 2.46. The third-order valence-corrected chi connectivity index (χ3v) is 3.92. The molecule has 1 aromatic carbocycles. The van der Waals surface area contributed by atoms with Gasteiger partial charge >= 0.3 is 5.97 Å². The zero-order valence-electron chi connectivity index (χ0n) is 11.4. The molecule has 1 aliphatic carbocycles. The van der Waals surface area contributed by atoms with Crippen molar-refractivity contribution < 1.29 is 19.4 Å². The molecule has 0 radical (unpaired) electrons. The van der Waals surface area contributed by atoms with Crippen molar-refractivity contribution in [2.24, 2.45) is 5.92 Å². The molecule has 1 aliphatic rings. The molecular formula is C15H20O4. The Morgan fingerprint density at radius 2 is 1.84 bits per heavy atom. The lowest BCUT2D eigenvalue weighted by Crippen LogP contribution is -2.25. The van der Waals surface area contributed by atoms with Crippen LogP contribution < -0.4 is 9.47 Å². The summed E-state index contributed by atoms with van der Waals surface area (Å²) < 4.78 is 10.5. The maximum Gasteiger partial charge on any atom is 0.307 e. The molecule has 2 unspecified atom stereocenters. The van der Waals surface area contributed by atoms with Gasteiger partial charge in [-0.2, -0.15) is 0 Å². The molecule has 1 saturated carbocycles. The summed E-state index contributed by atoms with van der Waals surface area (Å²) in [7, 11) is 3.19. The van der Waals surface area contributed by atoms with E-state index in [1.807, 2.05) is 18.2 Å². The lowest BCUT2D eigenvalue weighted by atomic mass is 9.75. The minimum Gasteiger partial charge on any atom is -0.493 e. The van der Waals surface area contributed by atoms with E-state index in [0.29, 0.717) is 11.5 Å². The first-order valence-electron chi connectivity index (χ1n) is 6.62. The second-order valence-electron chi connectivity index (χ2n) is 4.95. The van der Waals surface area contributed by atoms with Crippen LogP contribution >= 0.6 is 0 Å². The Balaban J connectivity index is 2.31. The number of carbonyl (C=O) groups is 1. The standard InChI is InChI=1S/C15H20O4/c1-18-13-8-7-10(9-14(13)19-2)11-5-3-4-6-12(11)15(16)17/h7-9,11-12H,3-6H2,1-2H3,(H,16,17). The predicted molar refractivity (Wildman–Crippen MR) is 71.9 cm³/mol. The number of ether oxygens (including phenoxy) is 2. The van der Waals surface area contributed by atoms with Crippen LogP contribution in [0.15, 0.2) is 18.2 Å². The molecule has 0 spiro atoms. The molecule has 0 saturated heterocycles. The third-order valence-electron chi connectivity index (χ3n) is 3.92. The molecule has 2 rings (SSSR count). The summed E-state index contributed by atoms with van der Waals surface area (Å²) in [6, 6.07) is 5.71. The van der Waals surface area contributed by atoms with E-state index in [-0.39, 0.29) is 11.8 Å². The maximum absolute atomic E-state index is 11.4. The molecule has 1 N–H and O–H groups in total. The van der Waals surface area contributed by atoms with Gasteiger partial charge in [0.15, 0.2) is 11.5 Å². The number of carboxylic acid groups (broad SMARTS) is 1. The summed E-state index contributed by atoms with van der Waals surface area (Å²) in [6.45, 7) is 0. The van der Waals surface area contributed by atoms with Crippen LogP contribution in [0.1, 0.15) is 37.2 Å². The number of rotatable bonds is 4. The van der Waals surface area contributed by atoms with Crippen LogP contribution in [0, 0.1) is 5.92 Å². The summed E-state index contributed by atoms with van der Waals surface area (Å²) >= 11 is 0. The van der Waals surface area contributed by atoms with Gasteiger partial charge in [0.1, 0.15) is 0 Å². The van der Waals surface area contributed by atoms with E-state index in [1.54, 1.807) is 14.2 Å². The SMILES string of the molecule is COc1ccc(C2CCCCC2C(=O)O)cc1OC. The molecule has 0 aliphatic heterocycles. The first kappa shape index (κ1) is 13.7. The van der Waals surface area contributed by atoms with Crippen molar-refractivity contribution in [2.75, 3.05) is 14.2 Å². The van der Waals surface area contributed by atoms with Gasteiger partial charge in [-0.3, -0.25) is 4.79 Å². The number of hydrogen-bond acceptors (Lipinski definition) is 3. The highest BCUT2D eigenvalue weighted by Gasteiger charge is 2.32. The molecule has 1 aromatic rings. The van der Waals surface area contributed by atoms with E-state index in [1.165, 1.54) is 0 Å². The van der Waals surface area contributed by atoms with Gasteiger partial charge in [0, 0.05) is 0 Å². The first-order chi connectivity index (χ1) is 9.17. The Labute approximate surface area is 113 Å². The zero-order valence-corrected chi connectivity index (χ0v) is 11.4. The molecule has 0 bridgehead atoms. The Morgan fingerprint density at radius 1 is 1.16 bits per heavy atom. The summed E-state index contributed by atoms with van der Waals surface area (Å²) in [5, 5.41) is 9.34. The van der Waals surface area contributed by atoms with Crippen molar-refractivity contribution >= 4 is 5.97 Å². The van der Waals surface area contributed by atoms with Crippen molar-refractivity contribution in [2.45, 2.75) is 31.6 Å². The Hall–Kier alpha value is -1.71. The van der Waals surface area contributed by atoms with Gasteiger partial charge in [-0.15, -0.1) is 0 Å². The van der Waals surface area contributed by atoms with Gasteiger partial charge in [-0.05, 0) is 36.5 Å². The monoisotopic (exact) mass is 264 g/mol. The predicted octanol–water partition coefficient (Wildman–Crippen LogP) is 3.06. The van der Waals surface area contributed by atoms with E-state index < -0.39 is 5.97 Å². The largest absolute Gasteiger partial charge is 0.493 e. The second kappa shape index (κ2) is 5.95. The van der Waals surface area contributed by atoms with Gasteiger partial charge in [-0.25, -0.2) is 0 Å². The highest BCUT2D eigenvalue weighted by Crippen LogP contribution is 2.40. The Morgan fingerprint density at radius 3 is 2.47 bits per heavy atom. The van der Waals surface area contributed by atoms with Crippen LogP contribution in [0.2, 0.25) is 0 Å². The van der Waals surface area contributed by atoms with E-state index in [4.69, 9.17) is 9.47 Å². The van der Waals surface area contributed by atoms with Crippen molar-refractivity contribution in [3.63, 3.8) is 0 Å². The normalized spacial score (nSPS) is 22.8. The molecule has 2 atom stereocenters. The second-order valence-corrected chi connectivity index (χ2v) is 4.95. The van der Waals surface area contributed by atoms with Gasteiger partial charge in [0.05, 0.1) is 20.1 Å². The van der Waals surface area contributed by atoms with E-state index in [0.717, 1.165) is 31.2 Å². The van der Waals surface area contributed by atoms with Crippen molar-refractivity contribution in [3.05, 3.63) is 23.8 Å². The number of methoxy groups -OCH3 is 2. The van der Waals surface area contributed by atoms with Crippen LogP contribution in [0.5, 0.6) is 11.5 Å². The van der Waals surface area contributed by atoms with E-state index >= 15 is 0 Å². The van der Waals surface area contributed by atoms with Crippen molar-refractivity contribution in [3.8, 4) is 11.5 Å². The number of carboxylic acids is 1. The van der Waals surface area contributed by atoms with Crippen molar-refractivity contribution in [1.82, 2.24) is 0 Å².